The summed E-state index contributed by atoms with van der Waals surface area (Å²) in [5.41, 5.74) is 0. The van der Waals surface area contributed by atoms with E-state index in [1.54, 1.807) is 0 Å². The smallest absolute Gasteiger partial charge is 0.0237 e. The van der Waals surface area contributed by atoms with E-state index in [0.717, 1.165) is 12.1 Å². The summed E-state index contributed by atoms with van der Waals surface area (Å²) in [6, 6.07) is 1.66. The van der Waals surface area contributed by atoms with E-state index in [1.807, 2.05) is 0 Å². The molecule has 2 aliphatic rings. The van der Waals surface area contributed by atoms with Crippen molar-refractivity contribution in [1.82, 2.24) is 10.6 Å². The van der Waals surface area contributed by atoms with Gasteiger partial charge < -0.3 is 10.6 Å². The van der Waals surface area contributed by atoms with E-state index >= 15 is 0 Å². The van der Waals surface area contributed by atoms with Crippen LogP contribution in [0.5, 0.6) is 0 Å². The highest BCUT2D eigenvalue weighted by molar-refractivity contribution is 5.00. The van der Waals surface area contributed by atoms with Gasteiger partial charge in [-0.05, 0) is 25.9 Å². The fraction of sp³-hybridized carbons (Fsp3) is 1.00. The first-order valence-corrected chi connectivity index (χ1v) is 3.43. The second-order valence-corrected chi connectivity index (χ2v) is 2.71. The van der Waals surface area contributed by atoms with Crippen LogP contribution in [0.25, 0.3) is 0 Å². The monoisotopic (exact) mass is 112 g/mol. The average molecular weight is 112 g/mol. The van der Waals surface area contributed by atoms with Gasteiger partial charge in [0.15, 0.2) is 0 Å². The van der Waals surface area contributed by atoms with Crippen molar-refractivity contribution in [3.05, 3.63) is 0 Å². The van der Waals surface area contributed by atoms with E-state index in [0.29, 0.717) is 0 Å². The summed E-state index contributed by atoms with van der Waals surface area (Å²) in [6.07, 6.45) is 2.66. The van der Waals surface area contributed by atoms with Crippen LogP contribution < -0.4 is 10.6 Å². The Labute approximate surface area is 49.7 Å². The Hall–Kier alpha value is -0.0800. The van der Waals surface area contributed by atoms with Crippen LogP contribution in [-0.4, -0.2) is 25.2 Å². The standard InChI is InChI=1S/C6H12N2/c1-2-7-5-4-6(5)8-3-1/h5-8H,1-4H2/t5-,6?/m0/s1. The Morgan fingerprint density at radius 2 is 1.62 bits per heavy atom. The van der Waals surface area contributed by atoms with Gasteiger partial charge in [-0.3, -0.25) is 0 Å². The molecule has 0 spiro atoms. The maximum absolute atomic E-state index is 3.46. The second-order valence-electron chi connectivity index (χ2n) is 2.71. The summed E-state index contributed by atoms with van der Waals surface area (Å²) < 4.78 is 0. The zero-order valence-corrected chi connectivity index (χ0v) is 4.98. The summed E-state index contributed by atoms with van der Waals surface area (Å²) >= 11 is 0. The van der Waals surface area contributed by atoms with E-state index in [1.165, 1.54) is 25.9 Å². The minimum Gasteiger partial charge on any atom is -0.312 e. The highest BCUT2D eigenvalue weighted by atomic mass is 15.1. The maximum atomic E-state index is 3.46. The minimum atomic E-state index is 0.831. The van der Waals surface area contributed by atoms with Gasteiger partial charge in [-0.15, -0.1) is 0 Å². The molecule has 0 aromatic rings. The van der Waals surface area contributed by atoms with Crippen molar-refractivity contribution in [3.8, 4) is 0 Å². The van der Waals surface area contributed by atoms with Crippen LogP contribution in [0.15, 0.2) is 0 Å². The first-order chi connectivity index (χ1) is 3.97. The number of hydrogen-bond donors (Lipinski definition) is 2. The third kappa shape index (κ3) is 0.740. The molecule has 1 aliphatic carbocycles. The van der Waals surface area contributed by atoms with Crippen LogP contribution in [-0.2, 0) is 0 Å². The summed E-state index contributed by atoms with van der Waals surface area (Å²) in [4.78, 5) is 0. The molecular formula is C6H12N2. The van der Waals surface area contributed by atoms with E-state index < -0.39 is 0 Å². The zero-order valence-electron chi connectivity index (χ0n) is 4.98. The molecule has 2 atom stereocenters. The molecule has 2 fully saturated rings. The van der Waals surface area contributed by atoms with Gasteiger partial charge >= 0.3 is 0 Å². The molecule has 1 unspecified atom stereocenters. The van der Waals surface area contributed by atoms with E-state index in [9.17, 15) is 0 Å². The largest absolute Gasteiger partial charge is 0.312 e. The normalized spacial score (nSPS) is 45.0. The fourth-order valence-electron chi connectivity index (χ4n) is 1.31. The summed E-state index contributed by atoms with van der Waals surface area (Å²) in [7, 11) is 0. The van der Waals surface area contributed by atoms with Crippen molar-refractivity contribution < 1.29 is 0 Å². The lowest BCUT2D eigenvalue weighted by atomic mass is 10.4. The number of fused-ring (bicyclic) bond motifs is 1. The molecule has 2 N–H and O–H groups in total. The fourth-order valence-corrected chi connectivity index (χ4v) is 1.31. The lowest BCUT2D eigenvalue weighted by Crippen LogP contribution is -2.21. The van der Waals surface area contributed by atoms with Crippen molar-refractivity contribution in [1.29, 1.82) is 0 Å². The zero-order chi connectivity index (χ0) is 5.40. The Morgan fingerprint density at radius 3 is 2.25 bits per heavy atom. The van der Waals surface area contributed by atoms with Crippen LogP contribution in [0.1, 0.15) is 12.8 Å². The molecule has 0 aromatic heterocycles. The predicted octanol–water partition coefficient (Wildman–Crippen LogP) is -0.290. The highest BCUT2D eigenvalue weighted by Gasteiger charge is 2.36. The molecule has 0 amide bonds. The van der Waals surface area contributed by atoms with Crippen LogP contribution in [0, 0.1) is 0 Å². The van der Waals surface area contributed by atoms with Gasteiger partial charge in [0.2, 0.25) is 0 Å². The highest BCUT2D eigenvalue weighted by Crippen LogP contribution is 2.21. The molecule has 2 rings (SSSR count). The van der Waals surface area contributed by atoms with Crippen molar-refractivity contribution in [3.63, 3.8) is 0 Å². The van der Waals surface area contributed by atoms with Crippen molar-refractivity contribution in [2.45, 2.75) is 24.9 Å². The molecule has 0 radical (unpaired) electrons. The number of rotatable bonds is 0. The van der Waals surface area contributed by atoms with Crippen LogP contribution in [0.3, 0.4) is 0 Å². The molecule has 0 aromatic carbocycles. The van der Waals surface area contributed by atoms with E-state index in [4.69, 9.17) is 0 Å². The van der Waals surface area contributed by atoms with Crippen LogP contribution >= 0.6 is 0 Å². The second kappa shape index (κ2) is 1.71. The Morgan fingerprint density at radius 1 is 1.00 bits per heavy atom. The van der Waals surface area contributed by atoms with Gasteiger partial charge in [0, 0.05) is 12.1 Å². The minimum absolute atomic E-state index is 0.831. The maximum Gasteiger partial charge on any atom is 0.0237 e. The van der Waals surface area contributed by atoms with Gasteiger partial charge in [-0.2, -0.15) is 0 Å². The number of hydrogen-bond acceptors (Lipinski definition) is 2. The Bertz CT molecular complexity index is 82.5. The third-order valence-electron chi connectivity index (χ3n) is 1.96. The van der Waals surface area contributed by atoms with Gasteiger partial charge in [-0.1, -0.05) is 0 Å². The summed E-state index contributed by atoms with van der Waals surface area (Å²) in [5.74, 6) is 0. The number of nitrogens with one attached hydrogen (secondary N) is 2. The first kappa shape index (κ1) is 4.77. The van der Waals surface area contributed by atoms with Crippen molar-refractivity contribution >= 4 is 0 Å². The van der Waals surface area contributed by atoms with Gasteiger partial charge in [-0.25, -0.2) is 0 Å². The molecule has 8 heavy (non-hydrogen) atoms. The SMILES string of the molecule is C1CNC2C[C@@H]2NC1. The van der Waals surface area contributed by atoms with Crippen molar-refractivity contribution in [2.24, 2.45) is 0 Å². The molecule has 0 bridgehead atoms. The topological polar surface area (TPSA) is 24.1 Å². The van der Waals surface area contributed by atoms with Crippen LogP contribution in [0.4, 0.5) is 0 Å². The average Bonchev–Trinajstić information content (AvgIpc) is 2.36. The molecule has 1 aliphatic heterocycles. The lowest BCUT2D eigenvalue weighted by Gasteiger charge is -1.94. The predicted molar refractivity (Wildman–Crippen MR) is 32.8 cm³/mol. The van der Waals surface area contributed by atoms with E-state index in [-0.39, 0.29) is 0 Å². The lowest BCUT2D eigenvalue weighted by molar-refractivity contribution is 0.667. The molecular weight excluding hydrogens is 100 g/mol. The Kier molecular flexibility index (Phi) is 1.02. The molecule has 46 valence electrons. The molecule has 2 nitrogen and oxygen atoms in total. The van der Waals surface area contributed by atoms with Gasteiger partial charge in [0.1, 0.15) is 0 Å². The van der Waals surface area contributed by atoms with Crippen molar-refractivity contribution in [2.75, 3.05) is 13.1 Å². The molecule has 1 heterocycles. The Balaban J connectivity index is 1.89. The van der Waals surface area contributed by atoms with Crippen LogP contribution in [0.2, 0.25) is 0 Å². The molecule has 1 saturated carbocycles. The third-order valence-corrected chi connectivity index (χ3v) is 1.96. The van der Waals surface area contributed by atoms with Gasteiger partial charge in [0.05, 0.1) is 0 Å². The molecule has 1 saturated heterocycles. The summed E-state index contributed by atoms with van der Waals surface area (Å²) in [5, 5.41) is 6.91. The quantitative estimate of drug-likeness (QED) is 0.450. The van der Waals surface area contributed by atoms with E-state index in [2.05, 4.69) is 10.6 Å². The summed E-state index contributed by atoms with van der Waals surface area (Å²) in [6.45, 7) is 2.43. The molecule has 2 heteroatoms. The first-order valence-electron chi connectivity index (χ1n) is 3.43. The van der Waals surface area contributed by atoms with Gasteiger partial charge in [0.25, 0.3) is 0 Å².